The van der Waals surface area contributed by atoms with Crippen LogP contribution in [0, 0.1) is 0 Å². The summed E-state index contributed by atoms with van der Waals surface area (Å²) in [6.45, 7) is 0. The van der Waals surface area contributed by atoms with Crippen LogP contribution in [0.25, 0.3) is 0 Å². The third kappa shape index (κ3) is 2.96. The summed E-state index contributed by atoms with van der Waals surface area (Å²) in [4.78, 5) is 0. The second-order valence-corrected chi connectivity index (χ2v) is 4.90. The van der Waals surface area contributed by atoms with Gasteiger partial charge in [0.1, 0.15) is 0 Å². The number of aliphatic hydroxyl groups excluding tert-OH is 1. The van der Waals surface area contributed by atoms with E-state index in [0.717, 1.165) is 11.1 Å². The van der Waals surface area contributed by atoms with Crippen LogP contribution in [-0.2, 0) is 6.42 Å². The zero-order valence-corrected chi connectivity index (χ0v) is 11.1. The molecule has 2 rings (SSSR count). The van der Waals surface area contributed by atoms with Crippen LogP contribution >= 0.6 is 23.2 Å². The molecular formula is C14H13Cl2NO. The number of anilines is 1. The Bertz CT molecular complexity index is 520. The Hall–Kier alpha value is -1.22. The van der Waals surface area contributed by atoms with Gasteiger partial charge in [-0.3, -0.25) is 0 Å². The highest BCUT2D eigenvalue weighted by molar-refractivity contribution is 6.35. The lowest BCUT2D eigenvalue weighted by Crippen LogP contribution is -2.03. The van der Waals surface area contributed by atoms with Crippen molar-refractivity contribution >= 4 is 28.9 Å². The number of nitrogen functional groups attached to an aromatic ring is 1. The number of nitrogens with two attached hydrogens (primary N) is 1. The SMILES string of the molecule is Nc1ccc(C(O)Cc2c(Cl)cccc2Cl)cc1. The molecule has 0 heterocycles. The maximum absolute atomic E-state index is 10.2. The van der Waals surface area contributed by atoms with Crippen molar-refractivity contribution in [2.75, 3.05) is 5.73 Å². The van der Waals surface area contributed by atoms with Gasteiger partial charge in [-0.2, -0.15) is 0 Å². The van der Waals surface area contributed by atoms with Gasteiger partial charge in [-0.1, -0.05) is 41.4 Å². The van der Waals surface area contributed by atoms with Gasteiger partial charge in [0.25, 0.3) is 0 Å². The van der Waals surface area contributed by atoms with Crippen LogP contribution in [0.15, 0.2) is 42.5 Å². The average molecular weight is 282 g/mol. The molecule has 1 atom stereocenters. The lowest BCUT2D eigenvalue weighted by Gasteiger charge is -2.13. The number of aliphatic hydroxyl groups is 1. The molecular weight excluding hydrogens is 269 g/mol. The minimum absolute atomic E-state index is 0.377. The molecule has 4 heteroatoms. The van der Waals surface area contributed by atoms with Crippen LogP contribution in [0.2, 0.25) is 10.0 Å². The Labute approximate surface area is 116 Å². The molecule has 94 valence electrons. The standard InChI is InChI=1S/C14H13Cl2NO/c15-12-2-1-3-13(16)11(12)8-14(18)9-4-6-10(17)7-5-9/h1-7,14,18H,8,17H2. The maximum Gasteiger partial charge on any atom is 0.0831 e. The van der Waals surface area contributed by atoms with Crippen molar-refractivity contribution in [1.82, 2.24) is 0 Å². The van der Waals surface area contributed by atoms with Gasteiger partial charge in [0.2, 0.25) is 0 Å². The monoisotopic (exact) mass is 281 g/mol. The fourth-order valence-corrected chi connectivity index (χ4v) is 2.31. The Kier molecular flexibility index (Phi) is 4.12. The van der Waals surface area contributed by atoms with Gasteiger partial charge in [-0.05, 0) is 35.4 Å². The fourth-order valence-electron chi connectivity index (χ4n) is 1.76. The van der Waals surface area contributed by atoms with Crippen LogP contribution in [0.3, 0.4) is 0 Å². The van der Waals surface area contributed by atoms with Crippen LogP contribution in [-0.4, -0.2) is 5.11 Å². The third-order valence-electron chi connectivity index (χ3n) is 2.78. The minimum atomic E-state index is -0.650. The first-order chi connectivity index (χ1) is 8.58. The smallest absolute Gasteiger partial charge is 0.0831 e. The number of benzene rings is 2. The van der Waals surface area contributed by atoms with Gasteiger partial charge in [-0.25, -0.2) is 0 Å². The Morgan fingerprint density at radius 1 is 1.00 bits per heavy atom. The van der Waals surface area contributed by atoms with Crippen molar-refractivity contribution in [2.45, 2.75) is 12.5 Å². The van der Waals surface area contributed by atoms with Crippen molar-refractivity contribution in [3.63, 3.8) is 0 Å². The molecule has 0 aromatic heterocycles. The Balaban J connectivity index is 2.21. The summed E-state index contributed by atoms with van der Waals surface area (Å²) in [7, 11) is 0. The van der Waals surface area contributed by atoms with Crippen molar-refractivity contribution in [2.24, 2.45) is 0 Å². The van der Waals surface area contributed by atoms with Crippen LogP contribution in [0.4, 0.5) is 5.69 Å². The molecule has 18 heavy (non-hydrogen) atoms. The number of halogens is 2. The zero-order chi connectivity index (χ0) is 13.1. The van der Waals surface area contributed by atoms with Gasteiger partial charge < -0.3 is 10.8 Å². The van der Waals surface area contributed by atoms with Crippen molar-refractivity contribution in [1.29, 1.82) is 0 Å². The van der Waals surface area contributed by atoms with Crippen molar-refractivity contribution in [3.05, 3.63) is 63.6 Å². The van der Waals surface area contributed by atoms with Crippen LogP contribution < -0.4 is 5.73 Å². The summed E-state index contributed by atoms with van der Waals surface area (Å²) in [5.41, 5.74) is 7.82. The van der Waals surface area contributed by atoms with Gasteiger partial charge in [0, 0.05) is 22.2 Å². The highest BCUT2D eigenvalue weighted by atomic mass is 35.5. The second kappa shape index (κ2) is 5.61. The normalized spacial score (nSPS) is 12.4. The summed E-state index contributed by atoms with van der Waals surface area (Å²) in [5, 5.41) is 11.3. The topological polar surface area (TPSA) is 46.2 Å². The molecule has 0 saturated carbocycles. The quantitative estimate of drug-likeness (QED) is 0.840. The molecule has 0 radical (unpaired) electrons. The van der Waals surface area contributed by atoms with Crippen molar-refractivity contribution in [3.8, 4) is 0 Å². The van der Waals surface area contributed by atoms with Gasteiger partial charge in [0.15, 0.2) is 0 Å². The Morgan fingerprint density at radius 3 is 2.11 bits per heavy atom. The number of rotatable bonds is 3. The molecule has 2 aromatic rings. The van der Waals surface area contributed by atoms with E-state index in [-0.39, 0.29) is 0 Å². The van der Waals surface area contributed by atoms with Crippen LogP contribution in [0.1, 0.15) is 17.2 Å². The molecule has 0 saturated heterocycles. The number of hydrogen-bond donors (Lipinski definition) is 2. The van der Waals surface area contributed by atoms with E-state index in [1.165, 1.54) is 0 Å². The molecule has 0 aliphatic rings. The minimum Gasteiger partial charge on any atom is -0.399 e. The van der Waals surface area contributed by atoms with E-state index in [2.05, 4.69) is 0 Å². The second-order valence-electron chi connectivity index (χ2n) is 4.09. The van der Waals surface area contributed by atoms with E-state index in [1.54, 1.807) is 42.5 Å². The van der Waals surface area contributed by atoms with E-state index in [0.29, 0.717) is 22.2 Å². The predicted octanol–water partition coefficient (Wildman–Crippen LogP) is 3.85. The van der Waals surface area contributed by atoms with E-state index in [9.17, 15) is 5.11 Å². The molecule has 0 bridgehead atoms. The molecule has 1 unspecified atom stereocenters. The molecule has 0 fully saturated rings. The third-order valence-corrected chi connectivity index (χ3v) is 3.49. The molecule has 0 amide bonds. The van der Waals surface area contributed by atoms with Crippen molar-refractivity contribution < 1.29 is 5.11 Å². The summed E-state index contributed by atoms with van der Waals surface area (Å²) >= 11 is 12.1. The lowest BCUT2D eigenvalue weighted by molar-refractivity contribution is 0.178. The highest BCUT2D eigenvalue weighted by Gasteiger charge is 2.13. The first-order valence-corrected chi connectivity index (χ1v) is 6.30. The van der Waals surface area contributed by atoms with Gasteiger partial charge in [0.05, 0.1) is 6.10 Å². The van der Waals surface area contributed by atoms with Crippen LogP contribution in [0.5, 0.6) is 0 Å². The highest BCUT2D eigenvalue weighted by Crippen LogP contribution is 2.29. The predicted molar refractivity (Wildman–Crippen MR) is 76.0 cm³/mol. The van der Waals surface area contributed by atoms with E-state index in [4.69, 9.17) is 28.9 Å². The molecule has 0 spiro atoms. The molecule has 0 aliphatic carbocycles. The largest absolute Gasteiger partial charge is 0.399 e. The zero-order valence-electron chi connectivity index (χ0n) is 9.61. The van der Waals surface area contributed by atoms with E-state index in [1.807, 2.05) is 0 Å². The molecule has 2 aromatic carbocycles. The van der Waals surface area contributed by atoms with E-state index < -0.39 is 6.10 Å². The Morgan fingerprint density at radius 2 is 1.56 bits per heavy atom. The number of hydrogen-bond acceptors (Lipinski definition) is 2. The molecule has 2 nitrogen and oxygen atoms in total. The van der Waals surface area contributed by atoms with E-state index >= 15 is 0 Å². The van der Waals surface area contributed by atoms with Gasteiger partial charge >= 0.3 is 0 Å². The first-order valence-electron chi connectivity index (χ1n) is 5.54. The fraction of sp³-hybridized carbons (Fsp3) is 0.143. The summed E-state index contributed by atoms with van der Waals surface area (Å²) in [5.74, 6) is 0. The molecule has 0 aliphatic heterocycles. The maximum atomic E-state index is 10.2. The first kappa shape index (κ1) is 13.2. The van der Waals surface area contributed by atoms with Gasteiger partial charge in [-0.15, -0.1) is 0 Å². The lowest BCUT2D eigenvalue weighted by atomic mass is 10.0. The summed E-state index contributed by atoms with van der Waals surface area (Å²) in [6, 6.07) is 12.4. The average Bonchev–Trinajstić information content (AvgIpc) is 2.34. The molecule has 3 N–H and O–H groups in total. The summed E-state index contributed by atoms with van der Waals surface area (Å²) < 4.78 is 0. The summed E-state index contributed by atoms with van der Waals surface area (Å²) in [6.07, 6.45) is -0.273.